The van der Waals surface area contributed by atoms with Crippen molar-refractivity contribution in [3.8, 4) is 34.5 Å². The number of nitrogens with one attached hydrogen (secondary N) is 7. The summed E-state index contributed by atoms with van der Waals surface area (Å²) >= 11 is 0. The summed E-state index contributed by atoms with van der Waals surface area (Å²) in [4.78, 5) is 105. The molecule has 23 nitrogen and oxygen atoms in total. The Hall–Kier alpha value is -7.53. The topological polar surface area (TPSA) is 275 Å². The van der Waals surface area contributed by atoms with Gasteiger partial charge >= 0.3 is 6.09 Å². The first kappa shape index (κ1) is 74.2. The normalized spacial score (nSPS) is 17.4. The van der Waals surface area contributed by atoms with Gasteiger partial charge in [-0.1, -0.05) is 80.1 Å². The Morgan fingerprint density at radius 3 is 0.945 bits per heavy atom. The van der Waals surface area contributed by atoms with Crippen LogP contribution in [-0.2, 0) is 4.74 Å². The predicted octanol–water partition coefficient (Wildman–Crippen LogP) is 8.84. The van der Waals surface area contributed by atoms with Gasteiger partial charge in [0.15, 0.2) is 34.5 Å². The van der Waals surface area contributed by atoms with E-state index in [4.69, 9.17) is 33.2 Å². The molecule has 0 saturated heterocycles. The number of unbranched alkanes of at least 4 members (excludes halogenated alkanes) is 6. The Morgan fingerprint density at radius 1 is 0.418 bits per heavy atom. The molecular formula is C68H105N9O14. The molecule has 506 valence electrons. The van der Waals surface area contributed by atoms with E-state index in [0.29, 0.717) is 51.4 Å². The molecule has 3 aromatic rings. The van der Waals surface area contributed by atoms with Gasteiger partial charge in [-0.15, -0.1) is 0 Å². The van der Waals surface area contributed by atoms with Gasteiger partial charge in [-0.2, -0.15) is 0 Å². The van der Waals surface area contributed by atoms with E-state index >= 15 is 4.79 Å². The fraction of sp³-hybridized carbons (Fsp3) is 0.632. The molecule has 0 aliphatic carbocycles. The summed E-state index contributed by atoms with van der Waals surface area (Å²) in [6.45, 7) is 21.0. The molecule has 15 rings (SSSR count). The van der Waals surface area contributed by atoms with Crippen molar-refractivity contribution in [2.45, 2.75) is 164 Å². The third-order valence-corrected chi connectivity index (χ3v) is 15.0. The summed E-state index contributed by atoms with van der Waals surface area (Å²) in [7, 11) is 0. The summed E-state index contributed by atoms with van der Waals surface area (Å²) in [5.41, 5.74) is 0.261. The van der Waals surface area contributed by atoms with Crippen molar-refractivity contribution >= 4 is 41.5 Å². The smallest absolute Gasteiger partial charge is 0.407 e. The van der Waals surface area contributed by atoms with E-state index in [1.165, 1.54) is 0 Å². The van der Waals surface area contributed by atoms with Gasteiger partial charge in [-0.05, 0) is 109 Å². The minimum atomic E-state index is -0.734. The highest BCUT2D eigenvalue weighted by molar-refractivity contribution is 6.05. The molecule has 1 atom stereocenters. The van der Waals surface area contributed by atoms with Crippen LogP contribution >= 0.6 is 0 Å². The van der Waals surface area contributed by atoms with E-state index in [2.05, 4.69) is 37.2 Å². The highest BCUT2D eigenvalue weighted by atomic mass is 16.6. The number of carbonyl (C=O) groups is 7. The maximum atomic E-state index is 15.1. The molecule has 91 heavy (non-hydrogen) atoms. The van der Waals surface area contributed by atoms with Crippen LogP contribution in [0.4, 0.5) is 4.79 Å². The van der Waals surface area contributed by atoms with Gasteiger partial charge in [0.2, 0.25) is 0 Å². The van der Waals surface area contributed by atoms with Crippen LogP contribution < -0.4 is 65.6 Å². The molecule has 1 unspecified atom stereocenters. The maximum absolute atomic E-state index is 15.1. The molecule has 12 heterocycles. The first-order chi connectivity index (χ1) is 44.0. The van der Waals surface area contributed by atoms with Crippen molar-refractivity contribution in [2.24, 2.45) is 0 Å². The number of hydrogen-bond donors (Lipinski definition) is 7. The van der Waals surface area contributed by atoms with Crippen molar-refractivity contribution < 1.29 is 66.7 Å². The van der Waals surface area contributed by atoms with E-state index in [1.807, 2.05) is 51.3 Å². The summed E-state index contributed by atoms with van der Waals surface area (Å²) in [5.74, 6) is -2.03. The quantitative estimate of drug-likeness (QED) is 0.0334. The average molecular weight is 1270 g/mol. The van der Waals surface area contributed by atoms with Crippen molar-refractivity contribution in [3.63, 3.8) is 0 Å². The van der Waals surface area contributed by atoms with Gasteiger partial charge in [0.05, 0.1) is 73.0 Å². The Balaban J connectivity index is 1.73. The van der Waals surface area contributed by atoms with Crippen molar-refractivity contribution in [2.75, 3.05) is 118 Å². The Morgan fingerprint density at radius 2 is 0.681 bits per heavy atom. The monoisotopic (exact) mass is 1270 g/mol. The SMILES string of the molecule is CCCCOc1c2ccc(c1OCCCC)C(=O)NCCN1CCNC(=O)c3ccc(c(OCCCC)c3OCCCC)C(=O)NCCN(CCNC2=O)CCNC(=O)c2ccc(c(OCCCC)c2OCCCC)C(=O)NC(CCCNC(=O)OC(C)(C)C)C1. The number of ether oxygens (including phenoxy) is 7. The minimum absolute atomic E-state index is 0.0710. The van der Waals surface area contributed by atoms with Crippen LogP contribution in [0.5, 0.6) is 34.5 Å². The van der Waals surface area contributed by atoms with E-state index in [0.717, 1.165) is 38.5 Å². The Bertz CT molecular complexity index is 2690. The summed E-state index contributed by atoms with van der Waals surface area (Å²) in [6.07, 6.45) is 8.92. The number of carbonyl (C=O) groups excluding carboxylic acids is 7. The molecule has 7 N–H and O–H groups in total. The highest BCUT2D eigenvalue weighted by Gasteiger charge is 2.30. The van der Waals surface area contributed by atoms with Gasteiger partial charge in [-0.3, -0.25) is 38.6 Å². The minimum Gasteiger partial charge on any atom is -0.489 e. The molecular weight excluding hydrogens is 1170 g/mol. The number of hydrogen-bond acceptors (Lipinski definition) is 16. The van der Waals surface area contributed by atoms with E-state index in [-0.39, 0.29) is 186 Å². The van der Waals surface area contributed by atoms with E-state index in [1.54, 1.807) is 57.2 Å². The number of benzene rings is 3. The standard InChI is InChI=1S/C68H105N9O14/c1-10-16-41-85-55-49-24-26-51(57(55)87-43-18-12-3)64(81)72-34-39-77-40-35-73-65(82)52-27-25-50(56(86-42-17-11-2)58(52)88-44-19-13-4)62(79)70-32-37-76(36-31-69-61(49)78)38-33-71-63(80)53-28-29-54(60(90-46-21-15-6)59(53)89-45-20-14-5)66(83)75-48(47-77)23-22-30-74-67(84)91-68(7,8)9/h24-29,48H,10-23,30-47H2,1-9H3,(H,69,78)(H,70,79)(H,71,80)(H,72,81)(H,73,82)(H,74,84)(H,75,83). The lowest BCUT2D eigenvalue weighted by molar-refractivity contribution is 0.0524. The van der Waals surface area contributed by atoms with Gasteiger partial charge < -0.3 is 70.4 Å². The Labute approximate surface area is 539 Å². The van der Waals surface area contributed by atoms with Crippen LogP contribution in [0.15, 0.2) is 36.4 Å². The van der Waals surface area contributed by atoms with E-state index < -0.39 is 53.2 Å². The number of rotatable bonds is 28. The number of alkyl carbamates (subject to hydrolysis) is 1. The van der Waals surface area contributed by atoms with Gasteiger partial charge in [-0.25, -0.2) is 4.79 Å². The largest absolute Gasteiger partial charge is 0.489 e. The molecule has 0 spiro atoms. The second kappa shape index (κ2) is 40.4. The summed E-state index contributed by atoms with van der Waals surface area (Å²) in [6, 6.07) is 8.74. The molecule has 12 aliphatic rings. The maximum Gasteiger partial charge on any atom is 0.407 e. The molecule has 12 aliphatic heterocycles. The van der Waals surface area contributed by atoms with Crippen LogP contribution in [-0.4, -0.2) is 181 Å². The van der Waals surface area contributed by atoms with Crippen LogP contribution in [0.25, 0.3) is 0 Å². The van der Waals surface area contributed by atoms with Gasteiger partial charge in [0, 0.05) is 84.6 Å². The van der Waals surface area contributed by atoms with Crippen molar-refractivity contribution in [3.05, 3.63) is 69.8 Å². The number of nitrogens with zero attached hydrogens (tertiary/aromatic N) is 2. The van der Waals surface area contributed by atoms with Crippen LogP contribution in [0.1, 0.15) is 214 Å². The van der Waals surface area contributed by atoms with Crippen LogP contribution in [0.2, 0.25) is 0 Å². The van der Waals surface area contributed by atoms with Gasteiger partial charge in [0.25, 0.3) is 35.4 Å². The highest BCUT2D eigenvalue weighted by Crippen LogP contribution is 2.39. The molecule has 0 aromatic heterocycles. The third kappa shape index (κ3) is 24.6. The molecule has 23 heteroatoms. The zero-order chi connectivity index (χ0) is 66.0. The first-order valence-electron chi connectivity index (χ1n) is 33.4. The van der Waals surface area contributed by atoms with Crippen molar-refractivity contribution in [1.82, 2.24) is 47.0 Å². The lowest BCUT2D eigenvalue weighted by Gasteiger charge is -2.29. The molecule has 0 fully saturated rings. The number of amides is 7. The average Bonchev–Trinajstić information content (AvgIpc) is 0.915. The third-order valence-electron chi connectivity index (χ3n) is 15.0. The van der Waals surface area contributed by atoms with Crippen molar-refractivity contribution in [1.29, 1.82) is 0 Å². The lowest BCUT2D eigenvalue weighted by atomic mass is 10.0. The predicted molar refractivity (Wildman–Crippen MR) is 351 cm³/mol. The first-order valence-corrected chi connectivity index (χ1v) is 33.4. The molecule has 0 saturated carbocycles. The van der Waals surface area contributed by atoms with Crippen LogP contribution in [0, 0.1) is 0 Å². The Kier molecular flexibility index (Phi) is 32.9. The zero-order valence-corrected chi connectivity index (χ0v) is 55.8. The molecule has 8 bridgehead atoms. The lowest BCUT2D eigenvalue weighted by Crippen LogP contribution is -2.48. The second-order valence-corrected chi connectivity index (χ2v) is 23.8. The summed E-state index contributed by atoms with van der Waals surface area (Å²) in [5, 5.41) is 21.4. The molecule has 3 aromatic carbocycles. The van der Waals surface area contributed by atoms with Crippen LogP contribution in [0.3, 0.4) is 0 Å². The second-order valence-electron chi connectivity index (χ2n) is 23.8. The fourth-order valence-corrected chi connectivity index (χ4v) is 9.91. The fourth-order valence-electron chi connectivity index (χ4n) is 9.91. The zero-order valence-electron chi connectivity index (χ0n) is 55.8. The molecule has 7 amide bonds. The summed E-state index contributed by atoms with van der Waals surface area (Å²) < 4.78 is 44.0. The van der Waals surface area contributed by atoms with Gasteiger partial charge in [0.1, 0.15) is 5.60 Å². The van der Waals surface area contributed by atoms with E-state index in [9.17, 15) is 28.8 Å². The molecule has 0 radical (unpaired) electrons.